The molecule has 0 saturated carbocycles. The van der Waals surface area contributed by atoms with Crippen molar-refractivity contribution in [3.8, 4) is 5.69 Å². The summed E-state index contributed by atoms with van der Waals surface area (Å²) in [7, 11) is 0. The molecule has 0 bridgehead atoms. The van der Waals surface area contributed by atoms with Gasteiger partial charge >= 0.3 is 0 Å². The fourth-order valence-electron chi connectivity index (χ4n) is 2.41. The maximum Gasteiger partial charge on any atom is 0.147 e. The van der Waals surface area contributed by atoms with Crippen LogP contribution >= 0.6 is 23.2 Å². The van der Waals surface area contributed by atoms with Crippen LogP contribution in [0.4, 0.5) is 4.39 Å². The smallest absolute Gasteiger partial charge is 0.147 e. The number of halogens is 3. The Bertz CT molecular complexity index is 825. The third-order valence-corrected chi connectivity index (χ3v) is 3.85. The van der Waals surface area contributed by atoms with Crippen LogP contribution in [0.2, 0.25) is 5.02 Å². The Labute approximate surface area is 132 Å². The van der Waals surface area contributed by atoms with Crippen LogP contribution in [0.5, 0.6) is 0 Å². The lowest BCUT2D eigenvalue weighted by molar-refractivity contribution is 0.616. The minimum Gasteiger partial charge on any atom is -0.291 e. The second-order valence-corrected chi connectivity index (χ2v) is 6.05. The number of rotatable bonds is 2. The van der Waals surface area contributed by atoms with Gasteiger partial charge in [0, 0.05) is 0 Å². The van der Waals surface area contributed by atoms with Gasteiger partial charge in [-0.05, 0) is 43.7 Å². The number of hydrogen-bond donors (Lipinski definition) is 0. The van der Waals surface area contributed by atoms with Gasteiger partial charge in [0.25, 0.3) is 0 Å². The van der Waals surface area contributed by atoms with Crippen molar-refractivity contribution in [2.24, 2.45) is 0 Å². The van der Waals surface area contributed by atoms with E-state index in [2.05, 4.69) is 4.98 Å². The summed E-state index contributed by atoms with van der Waals surface area (Å²) < 4.78 is 16.0. The Morgan fingerprint density at radius 3 is 2.71 bits per heavy atom. The molecule has 0 aliphatic heterocycles. The molecule has 1 atom stereocenters. The van der Waals surface area contributed by atoms with Crippen LogP contribution in [-0.2, 0) is 0 Å². The number of aryl methyl sites for hydroxylation is 1. The van der Waals surface area contributed by atoms with Crippen molar-refractivity contribution >= 4 is 34.2 Å². The summed E-state index contributed by atoms with van der Waals surface area (Å²) in [5, 5.41) is 0.151. The highest BCUT2D eigenvalue weighted by molar-refractivity contribution is 6.35. The topological polar surface area (TPSA) is 17.8 Å². The van der Waals surface area contributed by atoms with Crippen LogP contribution < -0.4 is 0 Å². The van der Waals surface area contributed by atoms with Crippen LogP contribution in [0.1, 0.15) is 23.7 Å². The average molecular weight is 323 g/mol. The minimum absolute atomic E-state index is 0.335. The predicted molar refractivity (Wildman–Crippen MR) is 85.0 cm³/mol. The van der Waals surface area contributed by atoms with E-state index in [1.165, 1.54) is 6.07 Å². The van der Waals surface area contributed by atoms with E-state index in [1.54, 1.807) is 29.7 Å². The highest BCUT2D eigenvalue weighted by Gasteiger charge is 2.20. The molecule has 0 saturated heterocycles. The molecule has 1 heterocycles. The van der Waals surface area contributed by atoms with Crippen molar-refractivity contribution in [3.05, 3.63) is 58.6 Å². The van der Waals surface area contributed by atoms with Gasteiger partial charge in [-0.2, -0.15) is 0 Å². The third-order valence-electron chi connectivity index (χ3n) is 3.35. The third kappa shape index (κ3) is 2.41. The van der Waals surface area contributed by atoms with Gasteiger partial charge < -0.3 is 0 Å². The highest BCUT2D eigenvalue weighted by atomic mass is 35.5. The van der Waals surface area contributed by atoms with Crippen molar-refractivity contribution in [2.45, 2.75) is 19.2 Å². The summed E-state index contributed by atoms with van der Waals surface area (Å²) in [6, 6.07) is 10.4. The zero-order valence-corrected chi connectivity index (χ0v) is 13.1. The largest absolute Gasteiger partial charge is 0.291 e. The summed E-state index contributed by atoms with van der Waals surface area (Å²) in [6.45, 7) is 3.72. The minimum atomic E-state index is -0.367. The Kier molecular flexibility index (Phi) is 3.64. The summed E-state index contributed by atoms with van der Waals surface area (Å²) in [5.41, 5.74) is 2.73. The van der Waals surface area contributed by atoms with Gasteiger partial charge in [-0.15, -0.1) is 11.6 Å². The van der Waals surface area contributed by atoms with Crippen molar-refractivity contribution in [1.29, 1.82) is 0 Å². The van der Waals surface area contributed by atoms with Crippen LogP contribution in [0, 0.1) is 12.7 Å². The lowest BCUT2D eigenvalue weighted by Gasteiger charge is -2.13. The van der Waals surface area contributed by atoms with Crippen molar-refractivity contribution in [2.75, 3.05) is 0 Å². The van der Waals surface area contributed by atoms with Gasteiger partial charge in [-0.3, -0.25) is 4.57 Å². The van der Waals surface area contributed by atoms with Crippen molar-refractivity contribution in [1.82, 2.24) is 9.55 Å². The maximum absolute atomic E-state index is 14.3. The number of para-hydroxylation sites is 1. The molecular weight excluding hydrogens is 310 g/mol. The number of benzene rings is 2. The first kappa shape index (κ1) is 14.4. The van der Waals surface area contributed by atoms with E-state index in [0.717, 1.165) is 5.56 Å². The Morgan fingerprint density at radius 2 is 2.00 bits per heavy atom. The highest BCUT2D eigenvalue weighted by Crippen LogP contribution is 2.33. The number of alkyl halides is 1. The van der Waals surface area contributed by atoms with Gasteiger partial charge in [0.15, 0.2) is 0 Å². The Hall–Kier alpha value is -1.58. The second-order valence-electron chi connectivity index (χ2n) is 4.98. The summed E-state index contributed by atoms with van der Waals surface area (Å²) in [4.78, 5) is 4.50. The molecule has 0 N–H and O–H groups in total. The summed E-state index contributed by atoms with van der Waals surface area (Å²) in [6.07, 6.45) is 0. The maximum atomic E-state index is 14.3. The van der Waals surface area contributed by atoms with E-state index in [9.17, 15) is 4.39 Å². The van der Waals surface area contributed by atoms with Gasteiger partial charge in [-0.1, -0.05) is 23.7 Å². The molecule has 0 radical (unpaired) electrons. The van der Waals surface area contributed by atoms with Crippen molar-refractivity contribution < 1.29 is 4.39 Å². The van der Waals surface area contributed by atoms with Gasteiger partial charge in [0.2, 0.25) is 0 Å². The van der Waals surface area contributed by atoms with E-state index >= 15 is 0 Å². The van der Waals surface area contributed by atoms with E-state index in [4.69, 9.17) is 23.2 Å². The van der Waals surface area contributed by atoms with E-state index < -0.39 is 0 Å². The van der Waals surface area contributed by atoms with E-state index in [-0.39, 0.29) is 11.2 Å². The van der Waals surface area contributed by atoms with E-state index in [1.807, 2.05) is 19.1 Å². The molecular formula is C16H13Cl2FN2. The van der Waals surface area contributed by atoms with Crippen LogP contribution in [-0.4, -0.2) is 9.55 Å². The molecule has 0 aliphatic carbocycles. The van der Waals surface area contributed by atoms with Crippen LogP contribution in [0.15, 0.2) is 36.4 Å². The average Bonchev–Trinajstić information content (AvgIpc) is 2.82. The molecule has 2 aromatic carbocycles. The fraction of sp³-hybridized carbons (Fsp3) is 0.188. The lowest BCUT2D eigenvalue weighted by Crippen LogP contribution is -2.04. The SMILES string of the molecule is Cc1ccc(F)c(-n2c(C(C)Cl)nc3cccc(Cl)c32)c1. The van der Waals surface area contributed by atoms with Crippen molar-refractivity contribution in [3.63, 3.8) is 0 Å². The number of aromatic nitrogens is 2. The number of imidazole rings is 1. The molecule has 3 rings (SSSR count). The molecule has 5 heteroatoms. The molecule has 0 spiro atoms. The van der Waals surface area contributed by atoms with Gasteiger partial charge in [-0.25, -0.2) is 9.37 Å². The molecule has 0 aliphatic rings. The quantitative estimate of drug-likeness (QED) is 0.575. The summed E-state index contributed by atoms with van der Waals surface area (Å²) >= 11 is 12.5. The molecule has 2 nitrogen and oxygen atoms in total. The lowest BCUT2D eigenvalue weighted by atomic mass is 10.2. The van der Waals surface area contributed by atoms with Gasteiger partial charge in [0.05, 0.1) is 27.1 Å². The Balaban J connectivity index is 2.44. The standard InChI is InChI=1S/C16H13Cl2FN2/c1-9-6-7-12(19)14(8-9)21-15-11(18)4-3-5-13(15)20-16(21)10(2)17/h3-8,10H,1-2H3. The van der Waals surface area contributed by atoms with E-state index in [0.29, 0.717) is 27.6 Å². The van der Waals surface area contributed by atoms with Crippen LogP contribution in [0.25, 0.3) is 16.7 Å². The zero-order chi connectivity index (χ0) is 15.1. The number of nitrogens with zero attached hydrogens (tertiary/aromatic N) is 2. The predicted octanol–water partition coefficient (Wildman–Crippen LogP) is 5.43. The normalized spacial score (nSPS) is 12.8. The summed E-state index contributed by atoms with van der Waals surface area (Å²) in [5.74, 6) is 0.239. The molecule has 0 amide bonds. The number of fused-ring (bicyclic) bond motifs is 1. The molecule has 1 aromatic heterocycles. The fourth-order valence-corrected chi connectivity index (χ4v) is 2.81. The van der Waals surface area contributed by atoms with Gasteiger partial charge in [0.1, 0.15) is 11.6 Å². The first-order valence-corrected chi connectivity index (χ1v) is 7.38. The first-order valence-electron chi connectivity index (χ1n) is 6.56. The molecule has 1 unspecified atom stereocenters. The number of hydrogen-bond acceptors (Lipinski definition) is 1. The van der Waals surface area contributed by atoms with Crippen LogP contribution in [0.3, 0.4) is 0 Å². The molecule has 0 fully saturated rings. The zero-order valence-electron chi connectivity index (χ0n) is 11.6. The Morgan fingerprint density at radius 1 is 1.24 bits per heavy atom. The molecule has 21 heavy (non-hydrogen) atoms. The monoisotopic (exact) mass is 322 g/mol. The molecule has 108 valence electrons. The first-order chi connectivity index (χ1) is 9.99. The molecule has 3 aromatic rings. The second kappa shape index (κ2) is 5.32.